The first-order valence-electron chi connectivity index (χ1n) is 3.51. The van der Waals surface area contributed by atoms with Crippen molar-refractivity contribution in [3.05, 3.63) is 36.5 Å². The third-order valence-corrected chi connectivity index (χ3v) is 1.03. The van der Waals surface area contributed by atoms with E-state index >= 15 is 0 Å². The topological polar surface area (TPSA) is 43.4 Å². The first-order chi connectivity index (χ1) is 6.21. The molecule has 0 aromatic carbocycles. The number of carbonyl (C=O) groups is 2. The monoisotopic (exact) mass is 182 g/mol. The summed E-state index contributed by atoms with van der Waals surface area (Å²) in [5, 5.41) is 0. The Labute approximate surface area is 78.4 Å². The molecule has 0 aliphatic heterocycles. The van der Waals surface area contributed by atoms with Crippen LogP contribution in [0.2, 0.25) is 0 Å². The van der Waals surface area contributed by atoms with Gasteiger partial charge in [-0.2, -0.15) is 0 Å². The van der Waals surface area contributed by atoms with Crippen molar-refractivity contribution >= 4 is 12.6 Å². The molecule has 0 fully saturated rings. The maximum absolute atomic E-state index is 10.2. The number of rotatable bonds is 4. The van der Waals surface area contributed by atoms with Crippen LogP contribution < -0.4 is 0 Å². The molecule has 0 N–H and O–H groups in total. The minimum atomic E-state index is 0.269. The molecule has 0 aromatic rings. The van der Waals surface area contributed by atoms with Crippen molar-refractivity contribution in [2.24, 2.45) is 0 Å². The van der Waals surface area contributed by atoms with E-state index in [-0.39, 0.29) is 11.1 Å². The molecule has 0 amide bonds. The molecule has 72 valence electrons. The summed E-state index contributed by atoms with van der Waals surface area (Å²) in [6.07, 6.45) is 3.77. The zero-order valence-corrected chi connectivity index (χ0v) is 7.95. The minimum Gasteiger partial charge on any atom is -0.388 e. The Hall–Kier alpha value is -1.48. The Morgan fingerprint density at radius 3 is 1.31 bits per heavy atom. The molecule has 0 heterocycles. The van der Waals surface area contributed by atoms with E-state index in [1.165, 1.54) is 12.2 Å². The van der Waals surface area contributed by atoms with E-state index in [1.54, 1.807) is 14.2 Å². The zero-order valence-electron chi connectivity index (χ0n) is 7.95. The predicted octanol–water partition coefficient (Wildman–Crippen LogP) is 1.32. The number of ether oxygens (including phenoxy) is 1. The lowest BCUT2D eigenvalue weighted by Crippen LogP contribution is -1.88. The first kappa shape index (κ1) is 14.1. The van der Waals surface area contributed by atoms with Gasteiger partial charge < -0.3 is 4.74 Å². The van der Waals surface area contributed by atoms with Gasteiger partial charge in [-0.3, -0.25) is 9.59 Å². The van der Waals surface area contributed by atoms with Gasteiger partial charge in [-0.15, -0.1) is 0 Å². The van der Waals surface area contributed by atoms with Gasteiger partial charge in [0.15, 0.2) is 12.6 Å². The summed E-state index contributed by atoms with van der Waals surface area (Å²) in [6, 6.07) is 0. The van der Waals surface area contributed by atoms with Gasteiger partial charge in [-0.25, -0.2) is 0 Å². The summed E-state index contributed by atoms with van der Waals surface area (Å²) in [5.41, 5.74) is 0.537. The Kier molecular flexibility index (Phi) is 11.4. The number of hydrogen-bond donors (Lipinski definition) is 0. The third kappa shape index (κ3) is 6.90. The number of carbonyl (C=O) groups excluding carboxylic acids is 2. The van der Waals surface area contributed by atoms with Crippen LogP contribution in [0, 0.1) is 0 Å². The zero-order chi connectivity index (χ0) is 10.7. The van der Waals surface area contributed by atoms with E-state index in [1.807, 2.05) is 0 Å². The average Bonchev–Trinajstić information content (AvgIpc) is 2.15. The normalized spacial score (nSPS) is 10.0. The predicted molar refractivity (Wildman–Crippen MR) is 52.5 cm³/mol. The maximum atomic E-state index is 10.2. The number of allylic oxidation sites excluding steroid dienone is 4. The molecule has 0 radical (unpaired) electrons. The molecule has 0 unspecified atom stereocenters. The molecule has 0 rings (SSSR count). The number of methoxy groups -OCH3 is 1. The molecule has 0 aromatic heterocycles. The summed E-state index contributed by atoms with van der Waals surface area (Å²) in [4.78, 5) is 20.3. The highest BCUT2D eigenvalue weighted by Crippen LogP contribution is 2.00. The molecular weight excluding hydrogens is 168 g/mol. The fourth-order valence-electron chi connectivity index (χ4n) is 0.468. The van der Waals surface area contributed by atoms with Gasteiger partial charge in [0.2, 0.25) is 0 Å². The summed E-state index contributed by atoms with van der Waals surface area (Å²) >= 11 is 0. The van der Waals surface area contributed by atoms with E-state index in [4.69, 9.17) is 0 Å². The number of aldehydes is 2. The van der Waals surface area contributed by atoms with Crippen LogP contribution in [0.4, 0.5) is 0 Å². The van der Waals surface area contributed by atoms with Gasteiger partial charge in [0, 0.05) is 25.4 Å². The largest absolute Gasteiger partial charge is 0.388 e. The molecular formula is C10H14O3. The Morgan fingerprint density at radius 2 is 1.23 bits per heavy atom. The maximum Gasteiger partial charge on any atom is 0.150 e. The summed E-state index contributed by atoms with van der Waals surface area (Å²) in [7, 11) is 3.25. The highest BCUT2D eigenvalue weighted by Gasteiger charge is 1.94. The molecule has 0 atom stereocenters. The van der Waals surface area contributed by atoms with Crippen LogP contribution in [0.3, 0.4) is 0 Å². The van der Waals surface area contributed by atoms with E-state index in [0.717, 1.165) is 0 Å². The molecule has 0 aliphatic carbocycles. The van der Waals surface area contributed by atoms with Crippen LogP contribution >= 0.6 is 0 Å². The number of hydrogen-bond acceptors (Lipinski definition) is 3. The second kappa shape index (κ2) is 10.5. The lowest BCUT2D eigenvalue weighted by atomic mass is 10.1. The third-order valence-electron chi connectivity index (χ3n) is 1.03. The summed E-state index contributed by atoms with van der Waals surface area (Å²) < 4.78 is 4.25. The van der Waals surface area contributed by atoms with Gasteiger partial charge in [-0.05, 0) is 0 Å². The van der Waals surface area contributed by atoms with Gasteiger partial charge in [0.1, 0.15) is 0 Å². The fraction of sp³-hybridized carbons (Fsp3) is 0.200. The Morgan fingerprint density at radius 1 is 1.00 bits per heavy atom. The lowest BCUT2D eigenvalue weighted by molar-refractivity contribution is -0.106. The SMILES string of the molecule is C=C/C(C=O)=C(\C=C)C=O.COC. The van der Waals surface area contributed by atoms with Gasteiger partial charge in [-0.1, -0.05) is 25.3 Å². The van der Waals surface area contributed by atoms with Crippen LogP contribution in [0.1, 0.15) is 0 Å². The van der Waals surface area contributed by atoms with Gasteiger partial charge in [0.05, 0.1) is 0 Å². The highest BCUT2D eigenvalue weighted by molar-refractivity contribution is 5.91. The van der Waals surface area contributed by atoms with Gasteiger partial charge in [0.25, 0.3) is 0 Å². The average molecular weight is 182 g/mol. The van der Waals surface area contributed by atoms with Crippen molar-refractivity contribution in [3.8, 4) is 0 Å². The van der Waals surface area contributed by atoms with E-state index in [9.17, 15) is 9.59 Å². The second-order valence-corrected chi connectivity index (χ2v) is 1.96. The van der Waals surface area contributed by atoms with E-state index in [0.29, 0.717) is 12.6 Å². The highest BCUT2D eigenvalue weighted by atomic mass is 16.4. The van der Waals surface area contributed by atoms with Crippen molar-refractivity contribution in [1.29, 1.82) is 0 Å². The van der Waals surface area contributed by atoms with E-state index < -0.39 is 0 Å². The van der Waals surface area contributed by atoms with Crippen LogP contribution in [0.15, 0.2) is 36.5 Å². The molecule has 3 heteroatoms. The van der Waals surface area contributed by atoms with Crippen LogP contribution in [0.25, 0.3) is 0 Å². The fourth-order valence-corrected chi connectivity index (χ4v) is 0.468. The smallest absolute Gasteiger partial charge is 0.150 e. The Balaban J connectivity index is 0. The standard InChI is InChI=1S/C8H8O2.C2H6O/c1-3-7(5-9)8(4-2)6-10;1-3-2/h3-6H,1-2H2;1-2H3/b8-7-;. The van der Waals surface area contributed by atoms with Crippen molar-refractivity contribution in [1.82, 2.24) is 0 Å². The second-order valence-electron chi connectivity index (χ2n) is 1.96. The summed E-state index contributed by atoms with van der Waals surface area (Å²) in [6.45, 7) is 6.71. The van der Waals surface area contributed by atoms with Crippen LogP contribution in [-0.4, -0.2) is 26.8 Å². The van der Waals surface area contributed by atoms with Crippen molar-refractivity contribution in [2.75, 3.05) is 14.2 Å². The lowest BCUT2D eigenvalue weighted by Gasteiger charge is -1.90. The molecule has 0 saturated carbocycles. The van der Waals surface area contributed by atoms with Crippen molar-refractivity contribution in [3.63, 3.8) is 0 Å². The van der Waals surface area contributed by atoms with Crippen molar-refractivity contribution in [2.45, 2.75) is 0 Å². The van der Waals surface area contributed by atoms with Gasteiger partial charge >= 0.3 is 0 Å². The Bertz CT molecular complexity index is 172. The minimum absolute atomic E-state index is 0.269. The quantitative estimate of drug-likeness (QED) is 0.374. The van der Waals surface area contributed by atoms with Crippen LogP contribution in [-0.2, 0) is 14.3 Å². The van der Waals surface area contributed by atoms with Crippen LogP contribution in [0.5, 0.6) is 0 Å². The van der Waals surface area contributed by atoms with Crippen molar-refractivity contribution < 1.29 is 14.3 Å². The molecule has 0 aliphatic rings. The van der Waals surface area contributed by atoms with E-state index in [2.05, 4.69) is 17.9 Å². The molecule has 0 saturated heterocycles. The molecule has 0 bridgehead atoms. The summed E-state index contributed by atoms with van der Waals surface area (Å²) in [5.74, 6) is 0. The molecule has 0 spiro atoms. The molecule has 13 heavy (non-hydrogen) atoms. The molecule has 3 nitrogen and oxygen atoms in total. The first-order valence-corrected chi connectivity index (χ1v) is 3.51.